The monoisotopic (exact) mass is 437 g/mol. The molecule has 3 aliphatic heterocycles. The quantitative estimate of drug-likeness (QED) is 0.775. The Kier molecular flexibility index (Phi) is 5.68. The van der Waals surface area contributed by atoms with Crippen LogP contribution in [0.15, 0.2) is 45.6 Å². The van der Waals surface area contributed by atoms with Crippen LogP contribution in [0.4, 0.5) is 0 Å². The van der Waals surface area contributed by atoms with Crippen LogP contribution in [0, 0.1) is 12.3 Å². The number of aliphatic hydroxyl groups excluding tert-OH is 1. The van der Waals surface area contributed by atoms with Gasteiger partial charge in [0.2, 0.25) is 0 Å². The lowest BCUT2D eigenvalue weighted by Crippen LogP contribution is -2.45. The molecule has 1 aromatic carbocycles. The zero-order valence-corrected chi connectivity index (χ0v) is 18.6. The van der Waals surface area contributed by atoms with Crippen LogP contribution in [0.2, 0.25) is 0 Å². The van der Waals surface area contributed by atoms with E-state index in [1.165, 1.54) is 0 Å². The van der Waals surface area contributed by atoms with Gasteiger partial charge in [-0.2, -0.15) is 0 Å². The molecule has 32 heavy (non-hydrogen) atoms. The number of benzene rings is 1. The minimum absolute atomic E-state index is 0.0309. The average molecular weight is 438 g/mol. The number of aliphatic hydroxyl groups is 1. The minimum atomic E-state index is -0.541. The van der Waals surface area contributed by atoms with E-state index in [2.05, 4.69) is 12.1 Å². The van der Waals surface area contributed by atoms with Gasteiger partial charge in [-0.3, -0.25) is 4.79 Å². The smallest absolute Gasteiger partial charge is 0.349 e. The van der Waals surface area contributed by atoms with Crippen molar-refractivity contribution in [2.24, 2.45) is 5.41 Å². The molecule has 3 fully saturated rings. The van der Waals surface area contributed by atoms with Crippen molar-refractivity contribution >= 4 is 5.91 Å². The molecular formula is C26H31NO5. The van der Waals surface area contributed by atoms with E-state index >= 15 is 0 Å². The zero-order valence-electron chi connectivity index (χ0n) is 18.6. The molecule has 0 spiro atoms. The normalized spacial score (nSPS) is 27.8. The van der Waals surface area contributed by atoms with Crippen LogP contribution in [0.25, 0.3) is 0 Å². The second-order valence-corrected chi connectivity index (χ2v) is 9.73. The fourth-order valence-corrected chi connectivity index (χ4v) is 6.22. The van der Waals surface area contributed by atoms with Crippen molar-refractivity contribution in [2.45, 2.75) is 63.5 Å². The number of fused-ring (bicyclic) bond motifs is 2. The lowest BCUT2D eigenvalue weighted by atomic mass is 9.70. The first kappa shape index (κ1) is 21.4. The molecule has 3 atom stereocenters. The van der Waals surface area contributed by atoms with Crippen molar-refractivity contribution in [3.8, 4) is 0 Å². The first-order chi connectivity index (χ1) is 15.5. The summed E-state index contributed by atoms with van der Waals surface area (Å²) < 4.78 is 11.1. The largest absolute Gasteiger partial charge is 0.427 e. The number of carbonyl (C=O) groups excluding carboxylic acids is 1. The van der Waals surface area contributed by atoms with E-state index in [1.807, 2.05) is 36.1 Å². The topological polar surface area (TPSA) is 80.0 Å². The van der Waals surface area contributed by atoms with Gasteiger partial charge in [0.25, 0.3) is 5.91 Å². The van der Waals surface area contributed by atoms with Crippen molar-refractivity contribution in [1.29, 1.82) is 0 Å². The molecule has 5 rings (SSSR count). The Morgan fingerprint density at radius 2 is 1.91 bits per heavy atom. The molecular weight excluding hydrogens is 406 g/mol. The molecule has 170 valence electrons. The van der Waals surface area contributed by atoms with Gasteiger partial charge in [0, 0.05) is 36.6 Å². The molecule has 0 aliphatic carbocycles. The minimum Gasteiger partial charge on any atom is -0.427 e. The average Bonchev–Trinajstić information content (AvgIpc) is 3.36. The summed E-state index contributed by atoms with van der Waals surface area (Å²) in [7, 11) is 0. The predicted molar refractivity (Wildman–Crippen MR) is 120 cm³/mol. The van der Waals surface area contributed by atoms with E-state index in [-0.39, 0.29) is 41.5 Å². The maximum atomic E-state index is 13.7. The Morgan fingerprint density at radius 3 is 2.59 bits per heavy atom. The second-order valence-electron chi connectivity index (χ2n) is 9.73. The number of hydrogen-bond acceptors (Lipinski definition) is 5. The molecule has 2 aromatic rings. The highest BCUT2D eigenvalue weighted by molar-refractivity contribution is 5.96. The van der Waals surface area contributed by atoms with E-state index in [0.29, 0.717) is 24.5 Å². The molecule has 0 unspecified atom stereocenters. The van der Waals surface area contributed by atoms with Crippen LogP contribution < -0.4 is 5.63 Å². The number of nitrogens with zero attached hydrogens (tertiary/aromatic N) is 1. The van der Waals surface area contributed by atoms with Gasteiger partial charge in [0.15, 0.2) is 0 Å². The van der Waals surface area contributed by atoms with E-state index in [1.54, 1.807) is 0 Å². The molecule has 3 aliphatic rings. The van der Waals surface area contributed by atoms with Crippen LogP contribution in [0.3, 0.4) is 0 Å². The Labute approximate surface area is 188 Å². The van der Waals surface area contributed by atoms with Gasteiger partial charge in [-0.05, 0) is 62.6 Å². The van der Waals surface area contributed by atoms with Crippen molar-refractivity contribution in [1.82, 2.24) is 4.90 Å². The number of hydrogen-bond donors (Lipinski definition) is 1. The van der Waals surface area contributed by atoms with Gasteiger partial charge in [-0.15, -0.1) is 0 Å². The van der Waals surface area contributed by atoms with E-state index in [4.69, 9.17) is 9.15 Å². The highest BCUT2D eigenvalue weighted by Crippen LogP contribution is 2.51. The van der Waals surface area contributed by atoms with Crippen molar-refractivity contribution in [3.63, 3.8) is 0 Å². The predicted octanol–water partition coefficient (Wildman–Crippen LogP) is 3.44. The molecule has 0 radical (unpaired) electrons. The van der Waals surface area contributed by atoms with Crippen molar-refractivity contribution < 1.29 is 19.1 Å². The number of rotatable bonds is 5. The SMILES string of the molecule is Cc1cc(C2CCOCC2)oc(=O)c1C(=O)N1[C@@H]2CC[C@H]1[C@](CO)(Cc1ccccc1)C2. The standard InChI is InChI=1S/C26H31NO5/c1-17-13-21(19-9-11-31-12-10-19)32-25(30)23(17)24(29)27-20-7-8-22(27)26(15-20,16-28)14-18-5-3-2-4-6-18/h2-6,13,19-20,22,28H,7-12,14-16H2,1H3/t20-,22+,26-/m1/s1. The maximum Gasteiger partial charge on any atom is 0.349 e. The van der Waals surface area contributed by atoms with Gasteiger partial charge >= 0.3 is 5.63 Å². The van der Waals surface area contributed by atoms with Gasteiger partial charge in [0.1, 0.15) is 11.3 Å². The lowest BCUT2D eigenvalue weighted by molar-refractivity contribution is 0.0565. The fraction of sp³-hybridized carbons (Fsp3) is 0.538. The lowest BCUT2D eigenvalue weighted by Gasteiger charge is -2.36. The summed E-state index contributed by atoms with van der Waals surface area (Å²) in [5, 5.41) is 10.4. The first-order valence-corrected chi connectivity index (χ1v) is 11.7. The van der Waals surface area contributed by atoms with E-state index < -0.39 is 5.63 Å². The van der Waals surface area contributed by atoms with Gasteiger partial charge < -0.3 is 19.2 Å². The van der Waals surface area contributed by atoms with Crippen molar-refractivity contribution in [3.05, 3.63) is 69.3 Å². The summed E-state index contributed by atoms with van der Waals surface area (Å²) in [4.78, 5) is 28.5. The highest BCUT2D eigenvalue weighted by Gasteiger charge is 2.57. The third-order valence-corrected chi connectivity index (χ3v) is 7.81. The van der Waals surface area contributed by atoms with Crippen molar-refractivity contribution in [2.75, 3.05) is 19.8 Å². The van der Waals surface area contributed by atoms with E-state index in [9.17, 15) is 14.7 Å². The first-order valence-electron chi connectivity index (χ1n) is 11.7. The number of amides is 1. The maximum absolute atomic E-state index is 13.7. The van der Waals surface area contributed by atoms with Gasteiger partial charge in [0.05, 0.1) is 6.61 Å². The zero-order chi connectivity index (χ0) is 22.3. The van der Waals surface area contributed by atoms with E-state index in [0.717, 1.165) is 44.1 Å². The molecule has 0 saturated carbocycles. The van der Waals surface area contributed by atoms with Crippen LogP contribution in [0.5, 0.6) is 0 Å². The Bertz CT molecular complexity index is 1040. The molecule has 1 aromatic heterocycles. The summed E-state index contributed by atoms with van der Waals surface area (Å²) in [6.45, 7) is 3.18. The van der Waals surface area contributed by atoms with Crippen LogP contribution in [-0.2, 0) is 11.2 Å². The van der Waals surface area contributed by atoms with Gasteiger partial charge in [-0.25, -0.2) is 4.79 Å². The van der Waals surface area contributed by atoms with Crippen LogP contribution in [-0.4, -0.2) is 47.8 Å². The Hall–Kier alpha value is -2.44. The molecule has 6 nitrogen and oxygen atoms in total. The molecule has 3 saturated heterocycles. The van der Waals surface area contributed by atoms with Gasteiger partial charge in [-0.1, -0.05) is 30.3 Å². The molecule has 1 amide bonds. The summed E-state index contributed by atoms with van der Waals surface area (Å²) >= 11 is 0. The number of ether oxygens (including phenoxy) is 1. The van der Waals surface area contributed by atoms with Crippen LogP contribution >= 0.6 is 0 Å². The Morgan fingerprint density at radius 1 is 1.16 bits per heavy atom. The molecule has 6 heteroatoms. The second kappa shape index (κ2) is 8.49. The molecule has 1 N–H and O–H groups in total. The summed E-state index contributed by atoms with van der Waals surface area (Å²) in [5.74, 6) is 0.575. The fourth-order valence-electron chi connectivity index (χ4n) is 6.22. The van der Waals surface area contributed by atoms with Crippen LogP contribution in [0.1, 0.15) is 65.3 Å². The summed E-state index contributed by atoms with van der Waals surface area (Å²) in [5.41, 5.74) is 1.08. The third kappa shape index (κ3) is 3.59. The number of carbonyl (C=O) groups is 1. The molecule has 4 heterocycles. The number of aryl methyl sites for hydroxylation is 1. The highest BCUT2D eigenvalue weighted by atomic mass is 16.5. The summed E-state index contributed by atoms with van der Waals surface area (Å²) in [6.07, 6.45) is 4.91. The molecule has 2 bridgehead atoms. The summed E-state index contributed by atoms with van der Waals surface area (Å²) in [6, 6.07) is 12.0. The third-order valence-electron chi connectivity index (χ3n) is 7.81. The Balaban J connectivity index is 1.43.